The van der Waals surface area contributed by atoms with Crippen LogP contribution < -0.4 is 5.32 Å². The Hall–Kier alpha value is -0.810. The first-order valence-electron chi connectivity index (χ1n) is 7.90. The number of hydrogen-bond donors (Lipinski definition) is 1. The van der Waals surface area contributed by atoms with Gasteiger partial charge >= 0.3 is 6.09 Å². The predicted molar refractivity (Wildman–Crippen MR) is 84.5 cm³/mol. The van der Waals surface area contributed by atoms with E-state index < -0.39 is 5.60 Å². The van der Waals surface area contributed by atoms with Gasteiger partial charge < -0.3 is 19.7 Å². The largest absolute Gasteiger partial charge is 0.444 e. The van der Waals surface area contributed by atoms with Crippen molar-refractivity contribution in [1.82, 2.24) is 10.2 Å². The summed E-state index contributed by atoms with van der Waals surface area (Å²) in [5.74, 6) is 0. The molecule has 0 radical (unpaired) electrons. The molecule has 1 atom stereocenters. The Morgan fingerprint density at radius 2 is 2.10 bits per heavy atom. The average Bonchev–Trinajstić information content (AvgIpc) is 2.31. The molecule has 1 amide bonds. The van der Waals surface area contributed by atoms with Gasteiger partial charge in [0.25, 0.3) is 0 Å². The molecule has 1 aliphatic heterocycles. The lowest BCUT2D eigenvalue weighted by atomic mass is 9.94. The first-order valence-corrected chi connectivity index (χ1v) is 7.90. The first-order chi connectivity index (χ1) is 9.59. The predicted octanol–water partition coefficient (Wildman–Crippen LogP) is 2.79. The summed E-state index contributed by atoms with van der Waals surface area (Å²) in [7, 11) is 1.78. The van der Waals surface area contributed by atoms with Crippen molar-refractivity contribution in [3.63, 3.8) is 0 Å². The molecule has 1 aliphatic rings. The molecule has 5 nitrogen and oxygen atoms in total. The van der Waals surface area contributed by atoms with Crippen molar-refractivity contribution in [1.29, 1.82) is 0 Å². The van der Waals surface area contributed by atoms with Gasteiger partial charge in [-0.05, 0) is 60.4 Å². The van der Waals surface area contributed by atoms with Crippen LogP contribution in [0.1, 0.15) is 53.9 Å². The fraction of sp³-hybridized carbons (Fsp3) is 0.938. The first kappa shape index (κ1) is 18.2. The Morgan fingerprint density at radius 1 is 1.43 bits per heavy atom. The van der Waals surface area contributed by atoms with Gasteiger partial charge in [-0.15, -0.1) is 0 Å². The maximum Gasteiger partial charge on any atom is 0.410 e. The van der Waals surface area contributed by atoms with E-state index in [2.05, 4.69) is 19.2 Å². The minimum atomic E-state index is -0.433. The maximum atomic E-state index is 11.8. The Balaban J connectivity index is 2.17. The average molecular weight is 300 g/mol. The summed E-state index contributed by atoms with van der Waals surface area (Å²) in [5, 5.41) is 3.56. The minimum absolute atomic E-state index is 0.0246. The standard InChI is InChI=1S/C16H32N2O3/c1-15(2,3)21-14(19)18(6)10-7-9-17-13-8-11-20-16(4,5)12-13/h13,17H,7-12H2,1-6H3. The van der Waals surface area contributed by atoms with E-state index in [1.54, 1.807) is 11.9 Å². The van der Waals surface area contributed by atoms with Gasteiger partial charge in [-0.25, -0.2) is 4.79 Å². The van der Waals surface area contributed by atoms with E-state index in [9.17, 15) is 4.79 Å². The molecule has 1 saturated heterocycles. The summed E-state index contributed by atoms with van der Waals surface area (Å²) >= 11 is 0. The molecule has 5 heteroatoms. The van der Waals surface area contributed by atoms with Crippen LogP contribution in [0.2, 0.25) is 0 Å². The maximum absolute atomic E-state index is 11.8. The van der Waals surface area contributed by atoms with E-state index in [1.165, 1.54) is 0 Å². The number of carbonyl (C=O) groups excluding carboxylic acids is 1. The summed E-state index contributed by atoms with van der Waals surface area (Å²) in [6.45, 7) is 12.4. The summed E-state index contributed by atoms with van der Waals surface area (Å²) in [6.07, 6.45) is 2.77. The SMILES string of the molecule is CN(CCCNC1CCOC(C)(C)C1)C(=O)OC(C)(C)C. The van der Waals surface area contributed by atoms with Gasteiger partial charge in [-0.3, -0.25) is 0 Å². The van der Waals surface area contributed by atoms with Crippen LogP contribution in [-0.4, -0.2) is 55.0 Å². The second kappa shape index (κ2) is 7.45. The molecule has 0 aliphatic carbocycles. The molecular weight excluding hydrogens is 268 g/mol. The van der Waals surface area contributed by atoms with Crippen LogP contribution in [0.4, 0.5) is 4.79 Å². The summed E-state index contributed by atoms with van der Waals surface area (Å²) in [4.78, 5) is 13.4. The molecule has 124 valence electrons. The van der Waals surface area contributed by atoms with Gasteiger partial charge in [0.2, 0.25) is 0 Å². The monoisotopic (exact) mass is 300 g/mol. The summed E-state index contributed by atoms with van der Waals surface area (Å²) in [6, 6.07) is 0.514. The lowest BCUT2D eigenvalue weighted by Crippen LogP contribution is -2.44. The second-order valence-corrected chi connectivity index (χ2v) is 7.51. The van der Waals surface area contributed by atoms with E-state index in [-0.39, 0.29) is 11.7 Å². The Morgan fingerprint density at radius 3 is 2.67 bits per heavy atom. The molecule has 1 heterocycles. The molecular formula is C16H32N2O3. The van der Waals surface area contributed by atoms with E-state index in [4.69, 9.17) is 9.47 Å². The normalized spacial score (nSPS) is 21.9. The van der Waals surface area contributed by atoms with Crippen LogP contribution >= 0.6 is 0 Å². The molecule has 1 unspecified atom stereocenters. The van der Waals surface area contributed by atoms with E-state index in [0.29, 0.717) is 12.6 Å². The third kappa shape index (κ3) is 7.67. The molecule has 21 heavy (non-hydrogen) atoms. The van der Waals surface area contributed by atoms with Crippen molar-refractivity contribution < 1.29 is 14.3 Å². The van der Waals surface area contributed by atoms with Crippen molar-refractivity contribution >= 4 is 6.09 Å². The molecule has 0 bridgehead atoms. The molecule has 0 aromatic rings. The number of amides is 1. The van der Waals surface area contributed by atoms with Crippen LogP contribution in [0.15, 0.2) is 0 Å². The molecule has 1 fully saturated rings. The van der Waals surface area contributed by atoms with Gasteiger partial charge in [-0.2, -0.15) is 0 Å². The molecule has 0 aromatic carbocycles. The zero-order chi connectivity index (χ0) is 16.1. The lowest BCUT2D eigenvalue weighted by Gasteiger charge is -2.36. The highest BCUT2D eigenvalue weighted by molar-refractivity contribution is 5.67. The van der Waals surface area contributed by atoms with Crippen molar-refractivity contribution in [2.75, 3.05) is 26.7 Å². The number of carbonyl (C=O) groups is 1. The zero-order valence-electron chi connectivity index (χ0n) is 14.5. The number of nitrogens with zero attached hydrogens (tertiary/aromatic N) is 1. The molecule has 1 N–H and O–H groups in total. The number of nitrogens with one attached hydrogen (secondary N) is 1. The van der Waals surface area contributed by atoms with E-state index in [0.717, 1.165) is 32.4 Å². The van der Waals surface area contributed by atoms with Crippen LogP contribution in [0.3, 0.4) is 0 Å². The number of ether oxygens (including phenoxy) is 2. The van der Waals surface area contributed by atoms with E-state index in [1.807, 2.05) is 20.8 Å². The van der Waals surface area contributed by atoms with Gasteiger partial charge in [0.05, 0.1) is 5.60 Å². The smallest absolute Gasteiger partial charge is 0.410 e. The lowest BCUT2D eigenvalue weighted by molar-refractivity contribution is -0.0628. The van der Waals surface area contributed by atoms with Gasteiger partial charge in [0.1, 0.15) is 5.60 Å². The third-order valence-electron chi connectivity index (χ3n) is 3.51. The van der Waals surface area contributed by atoms with Crippen LogP contribution in [-0.2, 0) is 9.47 Å². The Kier molecular flexibility index (Phi) is 6.47. The topological polar surface area (TPSA) is 50.8 Å². The quantitative estimate of drug-likeness (QED) is 0.793. The van der Waals surface area contributed by atoms with Crippen molar-refractivity contribution in [2.45, 2.75) is 71.1 Å². The molecule has 1 rings (SSSR count). The van der Waals surface area contributed by atoms with Gasteiger partial charge in [-0.1, -0.05) is 0 Å². The van der Waals surface area contributed by atoms with Gasteiger partial charge in [0, 0.05) is 26.2 Å². The highest BCUT2D eigenvalue weighted by Crippen LogP contribution is 2.23. The highest BCUT2D eigenvalue weighted by Gasteiger charge is 2.28. The molecule has 0 saturated carbocycles. The van der Waals surface area contributed by atoms with Crippen LogP contribution in [0.25, 0.3) is 0 Å². The van der Waals surface area contributed by atoms with Crippen molar-refractivity contribution in [2.24, 2.45) is 0 Å². The summed E-state index contributed by atoms with van der Waals surface area (Å²) in [5.41, 5.74) is -0.458. The number of rotatable bonds is 5. The molecule has 0 spiro atoms. The van der Waals surface area contributed by atoms with Crippen molar-refractivity contribution in [3.05, 3.63) is 0 Å². The summed E-state index contributed by atoms with van der Waals surface area (Å²) < 4.78 is 11.0. The van der Waals surface area contributed by atoms with Gasteiger partial charge in [0.15, 0.2) is 0 Å². The van der Waals surface area contributed by atoms with Crippen molar-refractivity contribution in [3.8, 4) is 0 Å². The zero-order valence-corrected chi connectivity index (χ0v) is 14.5. The minimum Gasteiger partial charge on any atom is -0.444 e. The Bertz CT molecular complexity index is 337. The number of hydrogen-bond acceptors (Lipinski definition) is 4. The van der Waals surface area contributed by atoms with Crippen LogP contribution in [0, 0.1) is 0 Å². The molecule has 0 aromatic heterocycles. The third-order valence-corrected chi connectivity index (χ3v) is 3.51. The Labute approximate surface area is 129 Å². The fourth-order valence-corrected chi connectivity index (χ4v) is 2.46. The van der Waals surface area contributed by atoms with E-state index >= 15 is 0 Å². The highest BCUT2D eigenvalue weighted by atomic mass is 16.6. The fourth-order valence-electron chi connectivity index (χ4n) is 2.46. The second-order valence-electron chi connectivity index (χ2n) is 7.51. The van der Waals surface area contributed by atoms with Crippen LogP contribution in [0.5, 0.6) is 0 Å².